The highest BCUT2D eigenvalue weighted by atomic mass is 16.1. The molecule has 0 bridgehead atoms. The smallest absolute Gasteiger partial charge is 0.169 e. The van der Waals surface area contributed by atoms with Crippen LogP contribution in [0.2, 0.25) is 0 Å². The van der Waals surface area contributed by atoms with Crippen LogP contribution >= 0.6 is 0 Å². The van der Waals surface area contributed by atoms with Gasteiger partial charge in [0.05, 0.1) is 0 Å². The highest BCUT2D eigenvalue weighted by Gasteiger charge is 2.10. The maximum atomic E-state index is 12.3. The third-order valence-electron chi connectivity index (χ3n) is 3.52. The average Bonchev–Trinajstić information content (AvgIpc) is 2.47. The van der Waals surface area contributed by atoms with E-state index < -0.39 is 0 Å². The number of hydrogen-bond acceptors (Lipinski definition) is 2. The van der Waals surface area contributed by atoms with Crippen molar-refractivity contribution in [1.82, 2.24) is 4.98 Å². The Morgan fingerprint density at radius 3 is 2.65 bits per heavy atom. The number of benzene rings is 2. The van der Waals surface area contributed by atoms with Crippen LogP contribution in [0.3, 0.4) is 0 Å². The van der Waals surface area contributed by atoms with Crippen LogP contribution in [0.25, 0.3) is 10.8 Å². The first kappa shape index (κ1) is 12.5. The molecule has 0 N–H and O–H groups in total. The first-order chi connectivity index (χ1) is 9.74. The van der Waals surface area contributed by atoms with E-state index in [1.54, 1.807) is 12.4 Å². The minimum absolute atomic E-state index is 0.117. The van der Waals surface area contributed by atoms with Gasteiger partial charge in [-0.2, -0.15) is 0 Å². The van der Waals surface area contributed by atoms with Crippen LogP contribution in [-0.4, -0.2) is 10.8 Å². The molecule has 3 rings (SSSR count). The van der Waals surface area contributed by atoms with E-state index in [0.29, 0.717) is 12.0 Å². The number of pyridine rings is 1. The molecule has 2 nitrogen and oxygen atoms in total. The molecule has 0 amide bonds. The van der Waals surface area contributed by atoms with Crippen molar-refractivity contribution in [2.75, 3.05) is 0 Å². The minimum Gasteiger partial charge on any atom is -0.294 e. The maximum Gasteiger partial charge on any atom is 0.169 e. The second-order valence-electron chi connectivity index (χ2n) is 4.97. The molecule has 2 heteroatoms. The monoisotopic (exact) mass is 261 g/mol. The second-order valence-corrected chi connectivity index (χ2v) is 4.97. The van der Waals surface area contributed by atoms with E-state index in [4.69, 9.17) is 0 Å². The largest absolute Gasteiger partial charge is 0.294 e. The first-order valence-corrected chi connectivity index (χ1v) is 6.65. The van der Waals surface area contributed by atoms with Gasteiger partial charge in [-0.1, -0.05) is 42.5 Å². The van der Waals surface area contributed by atoms with Crippen molar-refractivity contribution in [2.45, 2.75) is 13.3 Å². The van der Waals surface area contributed by atoms with Gasteiger partial charge in [-0.05, 0) is 34.9 Å². The van der Waals surface area contributed by atoms with Gasteiger partial charge in [0.1, 0.15) is 0 Å². The topological polar surface area (TPSA) is 30.0 Å². The molecule has 1 heterocycles. The fourth-order valence-corrected chi connectivity index (χ4v) is 2.39. The Morgan fingerprint density at radius 1 is 1.05 bits per heavy atom. The fourth-order valence-electron chi connectivity index (χ4n) is 2.39. The lowest BCUT2D eigenvalue weighted by Gasteiger charge is -2.05. The van der Waals surface area contributed by atoms with Crippen LogP contribution in [0.1, 0.15) is 21.5 Å². The molecule has 0 radical (unpaired) electrons. The molecule has 0 aliphatic carbocycles. The van der Waals surface area contributed by atoms with Gasteiger partial charge in [0.2, 0.25) is 0 Å². The molecule has 0 unspecified atom stereocenters. The van der Waals surface area contributed by atoms with Gasteiger partial charge in [-0.15, -0.1) is 0 Å². The fraction of sp³-hybridized carbons (Fsp3) is 0.111. The summed E-state index contributed by atoms with van der Waals surface area (Å²) in [6.45, 7) is 1.94. The standard InChI is InChI=1S/C18H15NO/c1-13-8-9-19-12-17(13)18(20)11-14-6-7-15-4-2-3-5-16(15)10-14/h2-10,12H,11H2,1H3. The van der Waals surface area contributed by atoms with E-state index in [-0.39, 0.29) is 5.78 Å². The van der Waals surface area contributed by atoms with Crippen molar-refractivity contribution >= 4 is 16.6 Å². The van der Waals surface area contributed by atoms with Crippen LogP contribution in [0, 0.1) is 6.92 Å². The molecule has 0 saturated heterocycles. The molecule has 0 fully saturated rings. The van der Waals surface area contributed by atoms with Gasteiger partial charge >= 0.3 is 0 Å². The van der Waals surface area contributed by atoms with Crippen molar-refractivity contribution in [2.24, 2.45) is 0 Å². The van der Waals surface area contributed by atoms with Crippen LogP contribution in [0.4, 0.5) is 0 Å². The summed E-state index contributed by atoms with van der Waals surface area (Å²) in [7, 11) is 0. The molecular weight excluding hydrogens is 246 g/mol. The van der Waals surface area contributed by atoms with Gasteiger partial charge in [-0.25, -0.2) is 0 Å². The highest BCUT2D eigenvalue weighted by Crippen LogP contribution is 2.17. The van der Waals surface area contributed by atoms with E-state index in [2.05, 4.69) is 29.2 Å². The predicted molar refractivity (Wildman–Crippen MR) is 81.0 cm³/mol. The normalized spacial score (nSPS) is 10.7. The van der Waals surface area contributed by atoms with Gasteiger partial charge < -0.3 is 0 Å². The van der Waals surface area contributed by atoms with Crippen molar-refractivity contribution in [3.05, 3.63) is 77.6 Å². The lowest BCUT2D eigenvalue weighted by Crippen LogP contribution is -2.06. The van der Waals surface area contributed by atoms with Crippen LogP contribution < -0.4 is 0 Å². The molecule has 98 valence electrons. The van der Waals surface area contributed by atoms with E-state index in [1.165, 1.54) is 10.8 Å². The van der Waals surface area contributed by atoms with Gasteiger partial charge in [0.15, 0.2) is 5.78 Å². The number of Topliss-reactive ketones (excluding diaryl/α,β-unsaturated/α-hetero) is 1. The SMILES string of the molecule is Cc1ccncc1C(=O)Cc1ccc2ccccc2c1. The number of hydrogen-bond donors (Lipinski definition) is 0. The van der Waals surface area contributed by atoms with Gasteiger partial charge in [-0.3, -0.25) is 9.78 Å². The van der Waals surface area contributed by atoms with Crippen LogP contribution in [0.5, 0.6) is 0 Å². The minimum atomic E-state index is 0.117. The quantitative estimate of drug-likeness (QED) is 0.668. The van der Waals surface area contributed by atoms with E-state index in [0.717, 1.165) is 11.1 Å². The molecule has 0 spiro atoms. The Hall–Kier alpha value is -2.48. The second kappa shape index (κ2) is 5.25. The number of carbonyl (C=O) groups is 1. The van der Waals surface area contributed by atoms with Crippen LogP contribution in [-0.2, 0) is 6.42 Å². The van der Waals surface area contributed by atoms with Gasteiger partial charge in [0, 0.05) is 24.4 Å². The van der Waals surface area contributed by atoms with Gasteiger partial charge in [0.25, 0.3) is 0 Å². The van der Waals surface area contributed by atoms with Crippen molar-refractivity contribution < 1.29 is 4.79 Å². The third kappa shape index (κ3) is 2.45. The Bertz CT molecular complexity index is 777. The lowest BCUT2D eigenvalue weighted by atomic mass is 9.99. The Labute approximate surface area is 118 Å². The summed E-state index contributed by atoms with van der Waals surface area (Å²) in [6, 6.07) is 16.2. The van der Waals surface area contributed by atoms with E-state index in [9.17, 15) is 4.79 Å². The molecule has 1 aromatic heterocycles. The Balaban J connectivity index is 1.89. The summed E-state index contributed by atoms with van der Waals surface area (Å²) >= 11 is 0. The van der Waals surface area contributed by atoms with Crippen molar-refractivity contribution in [3.8, 4) is 0 Å². The Kier molecular flexibility index (Phi) is 3.30. The summed E-state index contributed by atoms with van der Waals surface area (Å²) in [5.41, 5.74) is 2.73. The summed E-state index contributed by atoms with van der Waals surface area (Å²) in [5, 5.41) is 2.36. The van der Waals surface area contributed by atoms with E-state index in [1.807, 2.05) is 31.2 Å². The zero-order valence-electron chi connectivity index (χ0n) is 11.3. The number of aryl methyl sites for hydroxylation is 1. The highest BCUT2D eigenvalue weighted by molar-refractivity contribution is 5.99. The zero-order chi connectivity index (χ0) is 13.9. The van der Waals surface area contributed by atoms with Crippen molar-refractivity contribution in [3.63, 3.8) is 0 Å². The molecule has 2 aromatic carbocycles. The molecule has 0 atom stereocenters. The third-order valence-corrected chi connectivity index (χ3v) is 3.52. The maximum absolute atomic E-state index is 12.3. The molecule has 20 heavy (non-hydrogen) atoms. The number of rotatable bonds is 3. The first-order valence-electron chi connectivity index (χ1n) is 6.65. The van der Waals surface area contributed by atoms with Crippen molar-refractivity contribution in [1.29, 1.82) is 0 Å². The number of fused-ring (bicyclic) bond motifs is 1. The molecule has 0 aliphatic rings. The number of ketones is 1. The van der Waals surface area contributed by atoms with E-state index >= 15 is 0 Å². The number of nitrogens with zero attached hydrogens (tertiary/aromatic N) is 1. The van der Waals surface area contributed by atoms with Crippen LogP contribution in [0.15, 0.2) is 60.9 Å². The molecule has 0 aliphatic heterocycles. The summed E-state index contributed by atoms with van der Waals surface area (Å²) < 4.78 is 0. The zero-order valence-corrected chi connectivity index (χ0v) is 11.3. The molecule has 3 aromatic rings. The summed E-state index contributed by atoms with van der Waals surface area (Å²) in [4.78, 5) is 16.4. The molecular formula is C18H15NO. The Morgan fingerprint density at radius 2 is 1.85 bits per heavy atom. The summed E-state index contributed by atoms with van der Waals surface area (Å²) in [5.74, 6) is 0.117. The number of aromatic nitrogens is 1. The summed E-state index contributed by atoms with van der Waals surface area (Å²) in [6.07, 6.45) is 3.78. The number of carbonyl (C=O) groups excluding carboxylic acids is 1. The predicted octanol–water partition coefficient (Wildman–Crippen LogP) is 3.97. The lowest BCUT2D eigenvalue weighted by molar-refractivity contribution is 0.0992. The average molecular weight is 261 g/mol. The molecule has 0 saturated carbocycles.